The average Bonchev–Trinajstić information content (AvgIpc) is 2.29. The molecule has 0 aliphatic heterocycles. The van der Waals surface area contributed by atoms with Gasteiger partial charge in [-0.05, 0) is 24.6 Å². The molecule has 0 aromatic heterocycles. The van der Waals surface area contributed by atoms with Gasteiger partial charge >= 0.3 is 0 Å². The van der Waals surface area contributed by atoms with Gasteiger partial charge in [0.25, 0.3) is 0 Å². The van der Waals surface area contributed by atoms with E-state index in [4.69, 9.17) is 11.0 Å². The summed E-state index contributed by atoms with van der Waals surface area (Å²) >= 11 is 3.40. The molecule has 0 heterocycles. The molecular formula is C12H16BrN3. The molecule has 1 aromatic carbocycles. The smallest absolute Gasteiger partial charge is 0.101 e. The second-order valence-electron chi connectivity index (χ2n) is 3.67. The monoisotopic (exact) mass is 281 g/mol. The van der Waals surface area contributed by atoms with E-state index in [2.05, 4.69) is 34.2 Å². The Morgan fingerprint density at radius 3 is 2.88 bits per heavy atom. The minimum Gasteiger partial charge on any atom is -0.380 e. The molecule has 1 aromatic rings. The van der Waals surface area contributed by atoms with Gasteiger partial charge in [0.15, 0.2) is 0 Å². The zero-order valence-corrected chi connectivity index (χ0v) is 10.9. The lowest BCUT2D eigenvalue weighted by Gasteiger charge is -2.18. The molecule has 3 N–H and O–H groups in total. The van der Waals surface area contributed by atoms with Crippen LogP contribution in [0.4, 0.5) is 5.69 Å². The summed E-state index contributed by atoms with van der Waals surface area (Å²) in [7, 11) is 0. The van der Waals surface area contributed by atoms with Crippen LogP contribution in [0.2, 0.25) is 0 Å². The molecule has 0 bridgehead atoms. The zero-order valence-electron chi connectivity index (χ0n) is 9.33. The van der Waals surface area contributed by atoms with Crippen molar-refractivity contribution < 1.29 is 0 Å². The van der Waals surface area contributed by atoms with E-state index in [1.165, 1.54) is 0 Å². The fraction of sp³-hybridized carbons (Fsp3) is 0.417. The summed E-state index contributed by atoms with van der Waals surface area (Å²) < 4.78 is 0.960. The third-order valence-electron chi connectivity index (χ3n) is 2.38. The van der Waals surface area contributed by atoms with Gasteiger partial charge in [-0.1, -0.05) is 29.3 Å². The van der Waals surface area contributed by atoms with Gasteiger partial charge < -0.3 is 11.1 Å². The third-order valence-corrected chi connectivity index (χ3v) is 2.88. The second kappa shape index (κ2) is 6.51. The number of hydrogen-bond donors (Lipinski definition) is 2. The van der Waals surface area contributed by atoms with Crippen molar-refractivity contribution in [3.05, 3.63) is 28.2 Å². The molecule has 1 rings (SSSR count). The molecular weight excluding hydrogens is 266 g/mol. The largest absolute Gasteiger partial charge is 0.380 e. The van der Waals surface area contributed by atoms with E-state index in [0.29, 0.717) is 12.1 Å². The van der Waals surface area contributed by atoms with Crippen LogP contribution in [-0.2, 0) is 0 Å². The Morgan fingerprint density at radius 2 is 2.31 bits per heavy atom. The molecule has 1 unspecified atom stereocenters. The number of rotatable bonds is 5. The lowest BCUT2D eigenvalue weighted by molar-refractivity contribution is 0.648. The van der Waals surface area contributed by atoms with Crippen LogP contribution >= 0.6 is 15.9 Å². The number of nitrogens with zero attached hydrogens (tertiary/aromatic N) is 1. The van der Waals surface area contributed by atoms with Crippen LogP contribution in [0.3, 0.4) is 0 Å². The van der Waals surface area contributed by atoms with Crippen molar-refractivity contribution in [2.24, 2.45) is 5.73 Å². The number of nitriles is 1. The zero-order chi connectivity index (χ0) is 12.0. The van der Waals surface area contributed by atoms with E-state index in [1.807, 2.05) is 12.1 Å². The SMILES string of the molecule is CCCC(CN)Nc1cc(Br)ccc1C#N. The van der Waals surface area contributed by atoms with Crippen molar-refractivity contribution in [2.45, 2.75) is 25.8 Å². The van der Waals surface area contributed by atoms with Crippen LogP contribution in [0.15, 0.2) is 22.7 Å². The van der Waals surface area contributed by atoms with Crippen LogP contribution in [0.5, 0.6) is 0 Å². The van der Waals surface area contributed by atoms with Crippen LogP contribution in [-0.4, -0.2) is 12.6 Å². The van der Waals surface area contributed by atoms with Crippen LogP contribution < -0.4 is 11.1 Å². The highest BCUT2D eigenvalue weighted by Crippen LogP contribution is 2.22. The van der Waals surface area contributed by atoms with Gasteiger partial charge in [-0.25, -0.2) is 0 Å². The molecule has 0 spiro atoms. The van der Waals surface area contributed by atoms with E-state index in [-0.39, 0.29) is 6.04 Å². The Kier molecular flexibility index (Phi) is 5.30. The summed E-state index contributed by atoms with van der Waals surface area (Å²) in [5.74, 6) is 0. The van der Waals surface area contributed by atoms with E-state index in [0.717, 1.165) is 23.0 Å². The van der Waals surface area contributed by atoms with Crippen molar-refractivity contribution in [1.29, 1.82) is 5.26 Å². The minimum atomic E-state index is 0.228. The minimum absolute atomic E-state index is 0.228. The lowest BCUT2D eigenvalue weighted by atomic mass is 10.1. The highest BCUT2D eigenvalue weighted by atomic mass is 79.9. The first-order chi connectivity index (χ1) is 7.71. The number of anilines is 1. The van der Waals surface area contributed by atoms with Crippen molar-refractivity contribution in [3.63, 3.8) is 0 Å². The number of nitrogens with two attached hydrogens (primary N) is 1. The first-order valence-corrected chi connectivity index (χ1v) is 6.16. The molecule has 0 aliphatic rings. The van der Waals surface area contributed by atoms with Crippen LogP contribution in [0, 0.1) is 11.3 Å². The highest BCUT2D eigenvalue weighted by molar-refractivity contribution is 9.10. The molecule has 0 fully saturated rings. The van der Waals surface area contributed by atoms with Gasteiger partial charge in [0, 0.05) is 17.1 Å². The third kappa shape index (κ3) is 3.51. The van der Waals surface area contributed by atoms with E-state index >= 15 is 0 Å². The van der Waals surface area contributed by atoms with E-state index in [1.54, 1.807) is 6.07 Å². The second-order valence-corrected chi connectivity index (χ2v) is 4.58. The quantitative estimate of drug-likeness (QED) is 0.873. The standard InChI is InChI=1S/C12H16BrN3/c1-2-3-11(8-15)16-12-6-10(13)5-4-9(12)7-14/h4-6,11,16H,2-3,8,15H2,1H3. The lowest BCUT2D eigenvalue weighted by Crippen LogP contribution is -2.28. The van der Waals surface area contributed by atoms with Crippen molar-refractivity contribution in [3.8, 4) is 6.07 Å². The molecule has 0 amide bonds. The summed E-state index contributed by atoms with van der Waals surface area (Å²) in [5.41, 5.74) is 7.18. The molecule has 1 atom stereocenters. The van der Waals surface area contributed by atoms with Crippen LogP contribution in [0.1, 0.15) is 25.3 Å². The van der Waals surface area contributed by atoms with Gasteiger partial charge in [0.05, 0.1) is 11.3 Å². The number of halogens is 1. The normalized spacial score (nSPS) is 11.9. The van der Waals surface area contributed by atoms with Gasteiger partial charge in [-0.2, -0.15) is 5.26 Å². The van der Waals surface area contributed by atoms with E-state index in [9.17, 15) is 0 Å². The van der Waals surface area contributed by atoms with Gasteiger partial charge in [0.2, 0.25) is 0 Å². The summed E-state index contributed by atoms with van der Waals surface area (Å²) in [4.78, 5) is 0. The summed E-state index contributed by atoms with van der Waals surface area (Å²) in [5, 5.41) is 12.3. The molecule has 0 saturated carbocycles. The Morgan fingerprint density at radius 1 is 1.56 bits per heavy atom. The first-order valence-electron chi connectivity index (χ1n) is 5.37. The molecule has 4 heteroatoms. The maximum atomic E-state index is 8.99. The van der Waals surface area contributed by atoms with Crippen molar-refractivity contribution in [2.75, 3.05) is 11.9 Å². The topological polar surface area (TPSA) is 61.8 Å². The first kappa shape index (κ1) is 13.0. The number of hydrogen-bond acceptors (Lipinski definition) is 3. The maximum absolute atomic E-state index is 8.99. The molecule has 0 radical (unpaired) electrons. The summed E-state index contributed by atoms with van der Waals surface area (Å²) in [6.07, 6.45) is 2.08. The number of benzene rings is 1. The predicted molar refractivity (Wildman–Crippen MR) is 70.2 cm³/mol. The Bertz CT molecular complexity index is 384. The average molecular weight is 282 g/mol. The maximum Gasteiger partial charge on any atom is 0.101 e. The molecule has 86 valence electrons. The molecule has 3 nitrogen and oxygen atoms in total. The molecule has 0 saturated heterocycles. The van der Waals surface area contributed by atoms with Gasteiger partial charge in [-0.15, -0.1) is 0 Å². The fourth-order valence-corrected chi connectivity index (χ4v) is 1.91. The van der Waals surface area contributed by atoms with E-state index < -0.39 is 0 Å². The Hall–Kier alpha value is -1.05. The number of nitrogens with one attached hydrogen (secondary N) is 1. The molecule has 0 aliphatic carbocycles. The summed E-state index contributed by atoms with van der Waals surface area (Å²) in [6, 6.07) is 7.97. The molecule has 16 heavy (non-hydrogen) atoms. The predicted octanol–water partition coefficient (Wildman–Crippen LogP) is 2.86. The fourth-order valence-electron chi connectivity index (χ4n) is 1.55. The van der Waals surface area contributed by atoms with Gasteiger partial charge in [-0.3, -0.25) is 0 Å². The Labute approximate surface area is 105 Å². The van der Waals surface area contributed by atoms with Crippen molar-refractivity contribution >= 4 is 21.6 Å². The Balaban J connectivity index is 2.86. The van der Waals surface area contributed by atoms with Crippen molar-refractivity contribution in [1.82, 2.24) is 0 Å². The van der Waals surface area contributed by atoms with Crippen LogP contribution in [0.25, 0.3) is 0 Å². The van der Waals surface area contributed by atoms with Gasteiger partial charge in [0.1, 0.15) is 6.07 Å². The summed E-state index contributed by atoms with van der Waals surface area (Å²) in [6.45, 7) is 2.70. The highest BCUT2D eigenvalue weighted by Gasteiger charge is 2.08.